The molecule has 1 saturated carbocycles. The van der Waals surface area contributed by atoms with Crippen molar-refractivity contribution in [2.75, 3.05) is 13.2 Å². The zero-order chi connectivity index (χ0) is 15.7. The van der Waals surface area contributed by atoms with Gasteiger partial charge in [-0.15, -0.1) is 0 Å². The monoisotopic (exact) mass is 300 g/mol. The van der Waals surface area contributed by atoms with Crippen molar-refractivity contribution < 1.29 is 19.4 Å². The maximum Gasteiger partial charge on any atom is 0.407 e. The van der Waals surface area contributed by atoms with Crippen molar-refractivity contribution in [3.8, 4) is 0 Å². The Bertz CT molecular complexity index is 376. The van der Waals surface area contributed by atoms with Crippen LogP contribution in [0.1, 0.15) is 47.0 Å². The third-order valence-corrected chi connectivity index (χ3v) is 4.22. The molecule has 2 fully saturated rings. The smallest absolute Gasteiger partial charge is 0.407 e. The number of carbonyl (C=O) groups excluding carboxylic acids is 1. The highest BCUT2D eigenvalue weighted by Gasteiger charge is 2.41. The van der Waals surface area contributed by atoms with Crippen LogP contribution in [0.25, 0.3) is 0 Å². The number of rotatable bonds is 4. The van der Waals surface area contributed by atoms with Crippen LogP contribution in [0.4, 0.5) is 4.79 Å². The van der Waals surface area contributed by atoms with Crippen LogP contribution in [0.5, 0.6) is 0 Å². The fourth-order valence-electron chi connectivity index (χ4n) is 2.70. The zero-order valence-corrected chi connectivity index (χ0v) is 13.4. The molecule has 0 radical (unpaired) electrons. The Hall–Kier alpha value is -0.850. The van der Waals surface area contributed by atoms with E-state index in [1.165, 1.54) is 0 Å². The third-order valence-electron chi connectivity index (χ3n) is 4.22. The van der Waals surface area contributed by atoms with Crippen molar-refractivity contribution in [2.45, 2.75) is 76.3 Å². The van der Waals surface area contributed by atoms with Gasteiger partial charge < -0.3 is 25.2 Å². The minimum atomic E-state index is -0.760. The second-order valence-electron chi connectivity index (χ2n) is 7.26. The lowest BCUT2D eigenvalue weighted by Gasteiger charge is -2.38. The van der Waals surface area contributed by atoms with Crippen LogP contribution in [0.3, 0.4) is 0 Å². The van der Waals surface area contributed by atoms with Crippen LogP contribution in [-0.4, -0.2) is 53.7 Å². The summed E-state index contributed by atoms with van der Waals surface area (Å²) >= 11 is 0. The van der Waals surface area contributed by atoms with Gasteiger partial charge in [0, 0.05) is 31.7 Å². The van der Waals surface area contributed by atoms with Crippen molar-refractivity contribution >= 4 is 6.09 Å². The number of hydrogen-bond donors (Lipinski definition) is 3. The van der Waals surface area contributed by atoms with Gasteiger partial charge >= 0.3 is 6.09 Å². The summed E-state index contributed by atoms with van der Waals surface area (Å²) in [7, 11) is 0. The van der Waals surface area contributed by atoms with Crippen LogP contribution < -0.4 is 10.6 Å². The minimum absolute atomic E-state index is 0.124. The summed E-state index contributed by atoms with van der Waals surface area (Å²) in [4.78, 5) is 11.6. The molecule has 2 atom stereocenters. The molecule has 2 aliphatic rings. The number of carbonyl (C=O) groups is 1. The molecule has 1 amide bonds. The number of alkyl carbamates (subject to hydrolysis) is 1. The first-order valence-electron chi connectivity index (χ1n) is 7.75. The van der Waals surface area contributed by atoms with Crippen LogP contribution in [-0.2, 0) is 9.47 Å². The standard InChI is InChI=1S/C15H28N2O4/c1-10-15(19,5-6-20-10)9-16-11-7-12(8-11)17-13(18)21-14(2,3)4/h10-12,16,19H,5-9H2,1-4H3,(H,17,18). The predicted octanol–water partition coefficient (Wildman–Crippen LogP) is 1.17. The van der Waals surface area contributed by atoms with Gasteiger partial charge in [-0.1, -0.05) is 0 Å². The van der Waals surface area contributed by atoms with Gasteiger partial charge in [0.15, 0.2) is 0 Å². The maximum absolute atomic E-state index is 11.6. The molecule has 6 heteroatoms. The number of ether oxygens (including phenoxy) is 2. The highest BCUT2D eigenvalue weighted by atomic mass is 16.6. The molecule has 0 spiro atoms. The normalized spacial score (nSPS) is 36.1. The fraction of sp³-hybridized carbons (Fsp3) is 0.933. The molecule has 2 unspecified atom stereocenters. The van der Waals surface area contributed by atoms with Gasteiger partial charge in [0.2, 0.25) is 0 Å². The molecule has 1 saturated heterocycles. The summed E-state index contributed by atoms with van der Waals surface area (Å²) in [6, 6.07) is 0.492. The molecular weight excluding hydrogens is 272 g/mol. The first kappa shape index (κ1) is 16.5. The van der Waals surface area contributed by atoms with Gasteiger partial charge in [-0.05, 0) is 40.5 Å². The van der Waals surface area contributed by atoms with Gasteiger partial charge in [-0.2, -0.15) is 0 Å². The Kier molecular flexibility index (Phi) is 4.80. The third kappa shape index (κ3) is 4.56. The van der Waals surface area contributed by atoms with Gasteiger partial charge in [0.05, 0.1) is 6.10 Å². The molecule has 0 bridgehead atoms. The van der Waals surface area contributed by atoms with Crippen molar-refractivity contribution in [1.29, 1.82) is 0 Å². The van der Waals surface area contributed by atoms with E-state index in [9.17, 15) is 9.90 Å². The van der Waals surface area contributed by atoms with Crippen molar-refractivity contribution in [3.63, 3.8) is 0 Å². The van der Waals surface area contributed by atoms with Gasteiger partial charge in [0.25, 0.3) is 0 Å². The Morgan fingerprint density at radius 3 is 2.57 bits per heavy atom. The van der Waals surface area contributed by atoms with E-state index in [1.54, 1.807) is 0 Å². The highest BCUT2D eigenvalue weighted by molar-refractivity contribution is 5.68. The first-order chi connectivity index (χ1) is 9.68. The molecule has 0 aromatic carbocycles. The summed E-state index contributed by atoms with van der Waals surface area (Å²) in [6.07, 6.45) is 1.92. The molecule has 1 aliphatic carbocycles. The topological polar surface area (TPSA) is 79.8 Å². The van der Waals surface area contributed by atoms with E-state index in [-0.39, 0.29) is 18.2 Å². The summed E-state index contributed by atoms with van der Waals surface area (Å²) in [6.45, 7) is 8.61. The molecule has 1 heterocycles. The average molecular weight is 300 g/mol. The Morgan fingerprint density at radius 1 is 1.38 bits per heavy atom. The lowest BCUT2D eigenvalue weighted by atomic mass is 9.85. The lowest BCUT2D eigenvalue weighted by molar-refractivity contribution is -0.0299. The Balaban J connectivity index is 1.62. The fourth-order valence-corrected chi connectivity index (χ4v) is 2.70. The number of aliphatic hydroxyl groups is 1. The molecule has 1 aliphatic heterocycles. The second-order valence-corrected chi connectivity index (χ2v) is 7.26. The number of nitrogens with one attached hydrogen (secondary N) is 2. The van der Waals surface area contributed by atoms with Crippen molar-refractivity contribution in [2.24, 2.45) is 0 Å². The van der Waals surface area contributed by atoms with Crippen molar-refractivity contribution in [3.05, 3.63) is 0 Å². The van der Waals surface area contributed by atoms with E-state index in [4.69, 9.17) is 9.47 Å². The van der Waals surface area contributed by atoms with Crippen LogP contribution in [0.2, 0.25) is 0 Å². The molecule has 0 aromatic heterocycles. The van der Waals surface area contributed by atoms with Gasteiger partial charge in [0.1, 0.15) is 11.2 Å². The van der Waals surface area contributed by atoms with Crippen LogP contribution in [0, 0.1) is 0 Å². The summed E-state index contributed by atoms with van der Waals surface area (Å²) in [5.74, 6) is 0. The molecular formula is C15H28N2O4. The van der Waals surface area contributed by atoms with Gasteiger partial charge in [-0.3, -0.25) is 0 Å². The summed E-state index contributed by atoms with van der Waals surface area (Å²) in [5, 5.41) is 16.6. The molecule has 122 valence electrons. The molecule has 6 nitrogen and oxygen atoms in total. The summed E-state index contributed by atoms with van der Waals surface area (Å²) in [5.41, 5.74) is -1.23. The first-order valence-corrected chi connectivity index (χ1v) is 7.75. The largest absolute Gasteiger partial charge is 0.444 e. The Labute approximate surface area is 126 Å². The molecule has 2 rings (SSSR count). The summed E-state index contributed by atoms with van der Waals surface area (Å²) < 4.78 is 10.6. The molecule has 0 aromatic rings. The average Bonchev–Trinajstić information content (AvgIpc) is 2.60. The van der Waals surface area contributed by atoms with E-state index in [0.717, 1.165) is 12.8 Å². The molecule has 3 N–H and O–H groups in total. The van der Waals surface area contributed by atoms with Crippen molar-refractivity contribution in [1.82, 2.24) is 10.6 Å². The van der Waals surface area contributed by atoms with Crippen LogP contribution in [0.15, 0.2) is 0 Å². The number of amides is 1. The minimum Gasteiger partial charge on any atom is -0.444 e. The van der Waals surface area contributed by atoms with E-state index < -0.39 is 11.2 Å². The number of hydrogen-bond acceptors (Lipinski definition) is 5. The van der Waals surface area contributed by atoms with E-state index >= 15 is 0 Å². The van der Waals surface area contributed by atoms with Gasteiger partial charge in [-0.25, -0.2) is 4.79 Å². The molecule has 21 heavy (non-hydrogen) atoms. The SMILES string of the molecule is CC1OCCC1(O)CNC1CC(NC(=O)OC(C)(C)C)C1. The quantitative estimate of drug-likeness (QED) is 0.726. The lowest BCUT2D eigenvalue weighted by Crippen LogP contribution is -2.56. The van der Waals surface area contributed by atoms with E-state index in [2.05, 4.69) is 10.6 Å². The predicted molar refractivity (Wildman–Crippen MR) is 79.2 cm³/mol. The van der Waals surface area contributed by atoms with Crippen LogP contribution >= 0.6 is 0 Å². The highest BCUT2D eigenvalue weighted by Crippen LogP contribution is 2.27. The zero-order valence-electron chi connectivity index (χ0n) is 13.4. The Morgan fingerprint density at radius 2 is 2.05 bits per heavy atom. The second kappa shape index (κ2) is 6.10. The van der Waals surface area contributed by atoms with E-state index in [0.29, 0.717) is 25.6 Å². The van der Waals surface area contributed by atoms with E-state index in [1.807, 2.05) is 27.7 Å². The maximum atomic E-state index is 11.6.